The fourth-order valence-corrected chi connectivity index (χ4v) is 4.42. The van der Waals surface area contributed by atoms with E-state index in [1.165, 1.54) is 0 Å². The topological polar surface area (TPSA) is 88.9 Å². The molecular weight excluding hydrogens is 528 g/mol. The van der Waals surface area contributed by atoms with Crippen molar-refractivity contribution in [2.24, 2.45) is 0 Å². The third kappa shape index (κ3) is 6.09. The van der Waals surface area contributed by atoms with Gasteiger partial charge in [0.05, 0.1) is 17.5 Å². The zero-order chi connectivity index (χ0) is 24.8. The molecule has 0 aliphatic heterocycles. The standard InChI is InChI=1S/C23H22BrF2N5O2S/c1-4-9-31-21(14(3)27-22(33)16-8-6-5-7-13(16)2)29-30-23(31)34-12-19(32)28-20-17(24)10-15(25)11-18(20)26/h4-8,10-11,14H,1,9,12H2,2-3H3,(H,27,33)(H,28,32)/t14-/m0/s1. The van der Waals surface area contributed by atoms with Crippen LogP contribution < -0.4 is 10.6 Å². The van der Waals surface area contributed by atoms with Gasteiger partial charge in [-0.15, -0.1) is 16.8 Å². The van der Waals surface area contributed by atoms with Gasteiger partial charge in [0.25, 0.3) is 5.91 Å². The van der Waals surface area contributed by atoms with Crippen LogP contribution in [0.2, 0.25) is 0 Å². The number of rotatable bonds is 9. The number of anilines is 1. The van der Waals surface area contributed by atoms with Crippen molar-refractivity contribution in [3.63, 3.8) is 0 Å². The van der Waals surface area contributed by atoms with Gasteiger partial charge in [-0.05, 0) is 47.5 Å². The Morgan fingerprint density at radius 2 is 2.00 bits per heavy atom. The van der Waals surface area contributed by atoms with E-state index in [1.54, 1.807) is 29.7 Å². The van der Waals surface area contributed by atoms with Gasteiger partial charge >= 0.3 is 0 Å². The van der Waals surface area contributed by atoms with Gasteiger partial charge in [-0.1, -0.05) is 36.0 Å². The summed E-state index contributed by atoms with van der Waals surface area (Å²) in [4.78, 5) is 25.1. The van der Waals surface area contributed by atoms with E-state index >= 15 is 0 Å². The first kappa shape index (κ1) is 25.6. The number of carbonyl (C=O) groups excluding carboxylic acids is 2. The quantitative estimate of drug-likeness (QED) is 0.288. The number of halogens is 3. The molecule has 3 aromatic rings. The van der Waals surface area contributed by atoms with Gasteiger partial charge in [-0.3, -0.25) is 9.59 Å². The van der Waals surface area contributed by atoms with Crippen molar-refractivity contribution in [1.82, 2.24) is 20.1 Å². The maximum Gasteiger partial charge on any atom is 0.252 e. The highest BCUT2D eigenvalue weighted by atomic mass is 79.9. The lowest BCUT2D eigenvalue weighted by Crippen LogP contribution is -2.29. The van der Waals surface area contributed by atoms with Crippen LogP contribution >= 0.6 is 27.7 Å². The molecule has 0 saturated heterocycles. The van der Waals surface area contributed by atoms with Gasteiger partial charge < -0.3 is 15.2 Å². The van der Waals surface area contributed by atoms with Crippen LogP contribution in [0.25, 0.3) is 0 Å². The Balaban J connectivity index is 1.70. The minimum atomic E-state index is -0.888. The average molecular weight is 550 g/mol. The molecule has 0 spiro atoms. The van der Waals surface area contributed by atoms with E-state index in [9.17, 15) is 18.4 Å². The average Bonchev–Trinajstić information content (AvgIpc) is 3.18. The van der Waals surface area contributed by atoms with Crippen LogP contribution in [0.15, 0.2) is 58.7 Å². The van der Waals surface area contributed by atoms with Crippen LogP contribution in [0.4, 0.5) is 14.5 Å². The molecule has 2 aromatic carbocycles. The minimum Gasteiger partial charge on any atom is -0.342 e. The molecule has 0 fully saturated rings. The van der Waals surface area contributed by atoms with Crippen LogP contribution in [-0.4, -0.2) is 32.3 Å². The highest BCUT2D eigenvalue weighted by Crippen LogP contribution is 2.28. The second-order valence-corrected chi connectivity index (χ2v) is 9.13. The molecule has 3 rings (SSSR count). The number of nitrogens with zero attached hydrogens (tertiary/aromatic N) is 3. The number of aryl methyl sites for hydroxylation is 1. The number of allylic oxidation sites excluding steroid dienone is 1. The Morgan fingerprint density at radius 3 is 2.68 bits per heavy atom. The van der Waals surface area contributed by atoms with Gasteiger partial charge in [0.2, 0.25) is 5.91 Å². The molecule has 1 heterocycles. The van der Waals surface area contributed by atoms with Crippen LogP contribution in [0.5, 0.6) is 0 Å². The summed E-state index contributed by atoms with van der Waals surface area (Å²) in [7, 11) is 0. The minimum absolute atomic E-state index is 0.0948. The molecule has 0 bridgehead atoms. The summed E-state index contributed by atoms with van der Waals surface area (Å²) in [6.07, 6.45) is 1.65. The van der Waals surface area contributed by atoms with Gasteiger partial charge in [-0.2, -0.15) is 0 Å². The van der Waals surface area contributed by atoms with Crippen molar-refractivity contribution in [1.29, 1.82) is 0 Å². The van der Waals surface area contributed by atoms with Crippen LogP contribution in [-0.2, 0) is 11.3 Å². The fourth-order valence-electron chi connectivity index (χ4n) is 3.16. The predicted molar refractivity (Wildman–Crippen MR) is 131 cm³/mol. The number of thioether (sulfide) groups is 1. The first-order valence-corrected chi connectivity index (χ1v) is 12.0. The Hall–Kier alpha value is -3.05. The Morgan fingerprint density at radius 1 is 1.26 bits per heavy atom. The molecule has 0 radical (unpaired) electrons. The first-order valence-electron chi connectivity index (χ1n) is 10.2. The number of aromatic nitrogens is 3. The second kappa shape index (κ2) is 11.4. The smallest absolute Gasteiger partial charge is 0.252 e. The highest BCUT2D eigenvalue weighted by Gasteiger charge is 2.21. The van der Waals surface area contributed by atoms with Crippen LogP contribution in [0, 0.1) is 18.6 Å². The van der Waals surface area contributed by atoms with Crippen molar-refractivity contribution < 1.29 is 18.4 Å². The molecule has 7 nitrogen and oxygen atoms in total. The summed E-state index contributed by atoms with van der Waals surface area (Å²) in [6.45, 7) is 7.75. The molecule has 0 saturated carbocycles. The summed E-state index contributed by atoms with van der Waals surface area (Å²) in [5.41, 5.74) is 1.27. The monoisotopic (exact) mass is 549 g/mol. The van der Waals surface area contributed by atoms with Gasteiger partial charge in [0.1, 0.15) is 5.82 Å². The second-order valence-electron chi connectivity index (χ2n) is 7.33. The maximum absolute atomic E-state index is 14.0. The number of hydrogen-bond acceptors (Lipinski definition) is 5. The van der Waals surface area contributed by atoms with Gasteiger partial charge in [0, 0.05) is 22.6 Å². The van der Waals surface area contributed by atoms with E-state index in [1.807, 2.05) is 19.1 Å². The van der Waals surface area contributed by atoms with Crippen LogP contribution in [0.3, 0.4) is 0 Å². The number of amides is 2. The summed E-state index contributed by atoms with van der Waals surface area (Å²) in [6, 6.07) is 8.54. The molecule has 11 heteroatoms. The van der Waals surface area contributed by atoms with Crippen molar-refractivity contribution in [2.45, 2.75) is 31.6 Å². The van der Waals surface area contributed by atoms with Crippen molar-refractivity contribution in [2.75, 3.05) is 11.1 Å². The first-order chi connectivity index (χ1) is 16.2. The van der Waals surface area contributed by atoms with Crippen molar-refractivity contribution in [3.8, 4) is 0 Å². The van der Waals surface area contributed by atoms with Crippen LogP contribution in [0.1, 0.15) is 34.7 Å². The number of nitrogens with one attached hydrogen (secondary N) is 2. The highest BCUT2D eigenvalue weighted by molar-refractivity contribution is 9.10. The molecule has 1 atom stereocenters. The molecule has 2 N–H and O–H groups in total. The van der Waals surface area contributed by atoms with E-state index in [0.29, 0.717) is 29.2 Å². The van der Waals surface area contributed by atoms with E-state index in [4.69, 9.17) is 0 Å². The van der Waals surface area contributed by atoms with Gasteiger partial charge in [-0.25, -0.2) is 8.78 Å². The lowest BCUT2D eigenvalue weighted by Gasteiger charge is -2.16. The molecule has 1 aromatic heterocycles. The Bertz CT molecular complexity index is 1210. The SMILES string of the molecule is C=CCn1c(SCC(=O)Nc2c(F)cc(F)cc2Br)nnc1[C@H](C)NC(=O)c1ccccc1C. The van der Waals surface area contributed by atoms with E-state index in [0.717, 1.165) is 23.4 Å². The molecular formula is C23H22BrF2N5O2S. The lowest BCUT2D eigenvalue weighted by atomic mass is 10.1. The summed E-state index contributed by atoms with van der Waals surface area (Å²) >= 11 is 4.13. The fraction of sp³-hybridized carbons (Fsp3) is 0.217. The maximum atomic E-state index is 14.0. The van der Waals surface area contributed by atoms with Crippen molar-refractivity contribution in [3.05, 3.63) is 82.1 Å². The number of carbonyl (C=O) groups is 2. The Kier molecular flexibility index (Phi) is 8.56. The van der Waals surface area contributed by atoms with Gasteiger partial charge in [0.15, 0.2) is 16.8 Å². The molecule has 0 aliphatic rings. The summed E-state index contributed by atoms with van der Waals surface area (Å²) < 4.78 is 29.1. The zero-order valence-corrected chi connectivity index (χ0v) is 20.8. The zero-order valence-electron chi connectivity index (χ0n) is 18.4. The normalized spacial score (nSPS) is 11.7. The van der Waals surface area contributed by atoms with E-state index in [-0.39, 0.29) is 21.8 Å². The van der Waals surface area contributed by atoms with E-state index < -0.39 is 23.6 Å². The summed E-state index contributed by atoms with van der Waals surface area (Å²) in [5, 5.41) is 14.1. The Labute approximate surface area is 208 Å². The van der Waals surface area contributed by atoms with Crippen molar-refractivity contribution >= 4 is 45.2 Å². The number of benzene rings is 2. The van der Waals surface area contributed by atoms with E-state index in [2.05, 4.69) is 43.3 Å². The molecule has 178 valence electrons. The predicted octanol–water partition coefficient (Wildman–Crippen LogP) is 5.04. The lowest BCUT2D eigenvalue weighted by molar-refractivity contribution is -0.113. The third-order valence-corrected chi connectivity index (χ3v) is 6.38. The molecule has 34 heavy (non-hydrogen) atoms. The molecule has 2 amide bonds. The third-order valence-electron chi connectivity index (χ3n) is 4.79. The molecule has 0 unspecified atom stereocenters. The largest absolute Gasteiger partial charge is 0.342 e. The number of hydrogen-bond donors (Lipinski definition) is 2. The summed E-state index contributed by atoms with van der Waals surface area (Å²) in [5.74, 6) is -1.99. The molecule has 0 aliphatic carbocycles.